The van der Waals surface area contributed by atoms with Gasteiger partial charge in [0, 0.05) is 19.3 Å². The Kier molecular flexibility index (Phi) is 53.0. The smallest absolute Gasteiger partial charge is 0.306 e. The van der Waals surface area contributed by atoms with Crippen LogP contribution in [0.25, 0.3) is 0 Å². The summed E-state index contributed by atoms with van der Waals surface area (Å²) in [6.45, 7) is 6.31. The lowest BCUT2D eigenvalue weighted by molar-refractivity contribution is -0.167. The quantitative estimate of drug-likeness (QED) is 0.0199. The maximum Gasteiger partial charge on any atom is 0.306 e. The topological polar surface area (TPSA) is 78.9 Å². The van der Waals surface area contributed by atoms with E-state index < -0.39 is 6.10 Å². The first-order chi connectivity index (χ1) is 34.0. The lowest BCUT2D eigenvalue weighted by atomic mass is 10.1. The summed E-state index contributed by atoms with van der Waals surface area (Å²) in [4.78, 5) is 38.1. The first-order valence-electron chi connectivity index (χ1n) is 28.1. The van der Waals surface area contributed by atoms with Crippen LogP contribution in [0.3, 0.4) is 0 Å². The van der Waals surface area contributed by atoms with Crippen LogP contribution in [0.4, 0.5) is 0 Å². The molecule has 0 aromatic heterocycles. The van der Waals surface area contributed by atoms with E-state index >= 15 is 0 Å². The summed E-state index contributed by atoms with van der Waals surface area (Å²) in [7, 11) is 0. The highest BCUT2D eigenvalue weighted by Crippen LogP contribution is 2.14. The van der Waals surface area contributed by atoms with Crippen LogP contribution >= 0.6 is 0 Å². The highest BCUT2D eigenvalue weighted by Gasteiger charge is 2.19. The summed E-state index contributed by atoms with van der Waals surface area (Å²) in [6, 6.07) is 0. The van der Waals surface area contributed by atoms with Gasteiger partial charge in [0.15, 0.2) is 6.10 Å². The molecule has 0 rings (SSSR count). The second-order valence-corrected chi connectivity index (χ2v) is 18.2. The number of carbonyl (C=O) groups excluding carboxylic acids is 3. The first kappa shape index (κ1) is 64.8. The van der Waals surface area contributed by atoms with Gasteiger partial charge in [-0.05, 0) is 103 Å². The lowest BCUT2D eigenvalue weighted by Crippen LogP contribution is -2.30. The molecule has 0 heterocycles. The van der Waals surface area contributed by atoms with Gasteiger partial charge < -0.3 is 14.2 Å². The number of rotatable bonds is 49. The average Bonchev–Trinajstić information content (AvgIpc) is 3.35. The predicted octanol–water partition coefficient (Wildman–Crippen LogP) is 18.9. The van der Waals surface area contributed by atoms with Crippen molar-refractivity contribution in [3.63, 3.8) is 0 Å². The molecule has 0 aromatic rings. The molecule has 0 aromatic carbocycles. The van der Waals surface area contributed by atoms with Crippen LogP contribution in [0, 0.1) is 0 Å². The molecule has 0 saturated carbocycles. The zero-order chi connectivity index (χ0) is 50.0. The van der Waals surface area contributed by atoms with Crippen molar-refractivity contribution in [1.82, 2.24) is 0 Å². The van der Waals surface area contributed by atoms with E-state index in [2.05, 4.69) is 93.7 Å². The van der Waals surface area contributed by atoms with Crippen molar-refractivity contribution in [2.75, 3.05) is 13.2 Å². The third-order valence-electron chi connectivity index (χ3n) is 11.6. The molecule has 0 aliphatic heterocycles. The SMILES string of the molecule is CC\C=C/C=C\C=C/C=C\C=C/CCCCCC(=O)OCC(COC(=O)CCCCCCCCCCC/C=C\C/C=C\C/C=C\CC)OC(=O)CCCCCCCCC/C=C\C/C=C\CCCCC. The number of allylic oxidation sites excluding steroid dienone is 20. The van der Waals surface area contributed by atoms with Crippen molar-refractivity contribution in [2.45, 2.75) is 245 Å². The van der Waals surface area contributed by atoms with Crippen molar-refractivity contribution in [3.05, 3.63) is 122 Å². The van der Waals surface area contributed by atoms with Gasteiger partial charge >= 0.3 is 17.9 Å². The van der Waals surface area contributed by atoms with Crippen LogP contribution in [-0.2, 0) is 28.6 Å². The van der Waals surface area contributed by atoms with Gasteiger partial charge in [0.2, 0.25) is 0 Å². The first-order valence-corrected chi connectivity index (χ1v) is 28.1. The normalized spacial score (nSPS) is 13.0. The van der Waals surface area contributed by atoms with Crippen LogP contribution in [0.15, 0.2) is 122 Å². The van der Waals surface area contributed by atoms with Crippen molar-refractivity contribution in [1.29, 1.82) is 0 Å². The van der Waals surface area contributed by atoms with Gasteiger partial charge in [0.25, 0.3) is 0 Å². The molecular formula is C63H102O6. The molecule has 0 N–H and O–H groups in total. The molecule has 69 heavy (non-hydrogen) atoms. The minimum absolute atomic E-state index is 0.101. The van der Waals surface area contributed by atoms with Gasteiger partial charge in [-0.1, -0.05) is 239 Å². The standard InChI is InChI=1S/C63H102O6/c1-4-7-10-13-16-19-22-25-28-30-31-33-35-38-41-44-47-50-53-56-62(65)68-59-60(58-67-61(64)55-52-49-46-43-40-37-34-27-24-21-18-15-12-9-6-3)69-63(66)57-54-51-48-45-42-39-36-32-29-26-23-20-17-14-11-8-5-2/h7,9-10,12,15-21,24-29,34,37,40,60H,4-6,8,11,13-14,22-23,30-33,35-36,38-39,41-59H2,1-3H3/b10-7-,12-9-,18-15-,19-16-,20-17-,24-21-,28-25-,29-26-,34-27-,40-37-. The maximum atomic E-state index is 12.9. The lowest BCUT2D eigenvalue weighted by Gasteiger charge is -2.18. The zero-order valence-corrected chi connectivity index (χ0v) is 44.5. The number of ether oxygens (including phenoxy) is 3. The van der Waals surface area contributed by atoms with E-state index in [0.29, 0.717) is 19.3 Å². The molecule has 390 valence electrons. The number of unbranched alkanes of at least 4 members (excludes halogenated alkanes) is 22. The minimum atomic E-state index is -0.806. The van der Waals surface area contributed by atoms with Crippen molar-refractivity contribution in [2.24, 2.45) is 0 Å². The number of hydrogen-bond acceptors (Lipinski definition) is 6. The van der Waals surface area contributed by atoms with Crippen LogP contribution < -0.4 is 0 Å². The van der Waals surface area contributed by atoms with Gasteiger partial charge in [-0.3, -0.25) is 14.4 Å². The second-order valence-electron chi connectivity index (χ2n) is 18.2. The highest BCUT2D eigenvalue weighted by molar-refractivity contribution is 5.71. The largest absolute Gasteiger partial charge is 0.462 e. The van der Waals surface area contributed by atoms with Crippen LogP contribution in [0.2, 0.25) is 0 Å². The molecule has 0 amide bonds. The molecule has 1 atom stereocenters. The fourth-order valence-corrected chi connectivity index (χ4v) is 7.39. The van der Waals surface area contributed by atoms with E-state index in [1.165, 1.54) is 96.3 Å². The fourth-order valence-electron chi connectivity index (χ4n) is 7.39. The summed E-state index contributed by atoms with van der Waals surface area (Å²) in [5.41, 5.74) is 0. The molecule has 0 saturated heterocycles. The summed E-state index contributed by atoms with van der Waals surface area (Å²) in [5, 5.41) is 0. The Bertz CT molecular complexity index is 1470. The Morgan fingerprint density at radius 3 is 1.07 bits per heavy atom. The molecular weight excluding hydrogens is 853 g/mol. The summed E-state index contributed by atoms with van der Waals surface area (Å²) < 4.78 is 16.8. The van der Waals surface area contributed by atoms with Crippen LogP contribution in [0.1, 0.15) is 239 Å². The van der Waals surface area contributed by atoms with Crippen molar-refractivity contribution in [3.8, 4) is 0 Å². The minimum Gasteiger partial charge on any atom is -0.462 e. The molecule has 6 heteroatoms. The predicted molar refractivity (Wildman–Crippen MR) is 297 cm³/mol. The molecule has 6 nitrogen and oxygen atoms in total. The number of esters is 3. The third-order valence-corrected chi connectivity index (χ3v) is 11.6. The number of carbonyl (C=O) groups is 3. The van der Waals surface area contributed by atoms with E-state index in [4.69, 9.17) is 14.2 Å². The molecule has 0 radical (unpaired) electrons. The van der Waals surface area contributed by atoms with Gasteiger partial charge in [0.1, 0.15) is 13.2 Å². The monoisotopic (exact) mass is 955 g/mol. The van der Waals surface area contributed by atoms with E-state index in [-0.39, 0.29) is 31.1 Å². The highest BCUT2D eigenvalue weighted by atomic mass is 16.6. The summed E-state index contributed by atoms with van der Waals surface area (Å²) in [6.07, 6.45) is 77.5. The van der Waals surface area contributed by atoms with E-state index in [0.717, 1.165) is 103 Å². The second kappa shape index (κ2) is 56.4. The maximum absolute atomic E-state index is 12.9. The van der Waals surface area contributed by atoms with Gasteiger partial charge in [-0.2, -0.15) is 0 Å². The Hall–Kier alpha value is -4.19. The van der Waals surface area contributed by atoms with Crippen molar-refractivity contribution >= 4 is 17.9 Å². The van der Waals surface area contributed by atoms with E-state index in [1.54, 1.807) is 0 Å². The van der Waals surface area contributed by atoms with Crippen LogP contribution in [-0.4, -0.2) is 37.2 Å². The molecule has 0 bridgehead atoms. The Morgan fingerprint density at radius 2 is 0.638 bits per heavy atom. The van der Waals surface area contributed by atoms with Crippen molar-refractivity contribution < 1.29 is 28.6 Å². The van der Waals surface area contributed by atoms with Gasteiger partial charge in [-0.25, -0.2) is 0 Å². The fraction of sp³-hybridized carbons (Fsp3) is 0.635. The Morgan fingerprint density at radius 1 is 0.319 bits per heavy atom. The van der Waals surface area contributed by atoms with Gasteiger partial charge in [0.05, 0.1) is 0 Å². The van der Waals surface area contributed by atoms with Gasteiger partial charge in [-0.15, -0.1) is 0 Å². The van der Waals surface area contributed by atoms with E-state index in [9.17, 15) is 14.4 Å². The third kappa shape index (κ3) is 54.6. The summed E-state index contributed by atoms with van der Waals surface area (Å²) in [5.74, 6) is -0.959. The van der Waals surface area contributed by atoms with E-state index in [1.807, 2.05) is 48.6 Å². The average molecular weight is 956 g/mol. The molecule has 0 spiro atoms. The van der Waals surface area contributed by atoms with Crippen LogP contribution in [0.5, 0.6) is 0 Å². The molecule has 1 unspecified atom stereocenters. The molecule has 0 aliphatic carbocycles. The summed E-state index contributed by atoms with van der Waals surface area (Å²) >= 11 is 0. The Balaban J connectivity index is 4.48. The number of hydrogen-bond donors (Lipinski definition) is 0. The zero-order valence-electron chi connectivity index (χ0n) is 44.5. The Labute approximate surface area is 424 Å². The molecule has 0 fully saturated rings. The molecule has 0 aliphatic rings.